The average Bonchev–Trinajstić information content (AvgIpc) is 3.66. The van der Waals surface area contributed by atoms with Crippen LogP contribution in [0.25, 0.3) is 11.0 Å². The average molecular weight is 509 g/mol. The van der Waals surface area contributed by atoms with Crippen molar-refractivity contribution in [3.05, 3.63) is 121 Å². The summed E-state index contributed by atoms with van der Waals surface area (Å²) >= 11 is 0. The highest BCUT2D eigenvalue weighted by Crippen LogP contribution is 2.20. The Morgan fingerprint density at radius 2 is 1.29 bits per heavy atom. The van der Waals surface area contributed by atoms with Gasteiger partial charge in [0.25, 0.3) is 0 Å². The lowest BCUT2D eigenvalue weighted by Gasteiger charge is -2.10. The maximum absolute atomic E-state index is 10.9. The van der Waals surface area contributed by atoms with E-state index in [4.69, 9.17) is 9.47 Å². The van der Waals surface area contributed by atoms with Crippen molar-refractivity contribution in [1.82, 2.24) is 28.7 Å². The molecule has 10 heteroatoms. The second-order valence-corrected chi connectivity index (χ2v) is 8.19. The van der Waals surface area contributed by atoms with E-state index >= 15 is 0 Å². The number of ether oxygens (including phenoxy) is 2. The SMILES string of the molecule is O=Cc1ccncc1OCc1cccn2cncc12.OCc1ccncc1OCc1cccn2cncc12. The summed E-state index contributed by atoms with van der Waals surface area (Å²) < 4.78 is 15.2. The third kappa shape index (κ3) is 5.50. The van der Waals surface area contributed by atoms with Gasteiger partial charge >= 0.3 is 0 Å². The molecule has 0 aliphatic carbocycles. The fraction of sp³-hybridized carbons (Fsp3) is 0.107. The standard InChI is InChI=1S/C14H13N3O2.C14H11N3O2/c2*18-8-11-3-4-15-7-14(11)19-9-12-2-1-5-17-10-16-6-13(12)17/h1-7,10,18H,8-9H2;1-8,10H,9H2. The molecule has 10 nitrogen and oxygen atoms in total. The van der Waals surface area contributed by atoms with Crippen molar-refractivity contribution in [3.8, 4) is 11.5 Å². The summed E-state index contributed by atoms with van der Waals surface area (Å²) in [7, 11) is 0. The van der Waals surface area contributed by atoms with Gasteiger partial charge in [-0.3, -0.25) is 14.8 Å². The lowest BCUT2D eigenvalue weighted by molar-refractivity contribution is 0.111. The molecule has 0 aliphatic heterocycles. The summed E-state index contributed by atoms with van der Waals surface area (Å²) in [6.45, 7) is 0.714. The van der Waals surface area contributed by atoms with Gasteiger partial charge in [0.1, 0.15) is 24.7 Å². The predicted octanol–water partition coefficient (Wildman–Crippen LogP) is 3.92. The second-order valence-electron chi connectivity index (χ2n) is 8.19. The van der Waals surface area contributed by atoms with Crippen molar-refractivity contribution >= 4 is 17.3 Å². The number of aromatic nitrogens is 6. The lowest BCUT2D eigenvalue weighted by atomic mass is 10.2. The molecule has 1 N–H and O–H groups in total. The quantitative estimate of drug-likeness (QED) is 0.308. The number of aliphatic hydroxyl groups is 1. The topological polar surface area (TPSA) is 116 Å². The lowest BCUT2D eigenvalue weighted by Crippen LogP contribution is -2.00. The number of hydrogen-bond acceptors (Lipinski definition) is 8. The third-order valence-corrected chi connectivity index (χ3v) is 5.83. The molecule has 0 aliphatic rings. The van der Waals surface area contributed by atoms with Crippen LogP contribution in [0.3, 0.4) is 0 Å². The Kier molecular flexibility index (Phi) is 7.61. The maximum Gasteiger partial charge on any atom is 0.153 e. The Labute approximate surface area is 217 Å². The normalized spacial score (nSPS) is 10.7. The molecule has 6 aromatic rings. The van der Waals surface area contributed by atoms with E-state index in [0.717, 1.165) is 34.0 Å². The van der Waals surface area contributed by atoms with Gasteiger partial charge in [0.2, 0.25) is 0 Å². The Morgan fingerprint density at radius 1 is 0.711 bits per heavy atom. The maximum atomic E-state index is 10.9. The first-order chi connectivity index (χ1) is 18.8. The highest BCUT2D eigenvalue weighted by atomic mass is 16.5. The van der Waals surface area contributed by atoms with Crippen molar-refractivity contribution in [3.63, 3.8) is 0 Å². The molecule has 0 unspecified atom stereocenters. The molecule has 6 aromatic heterocycles. The summed E-state index contributed by atoms with van der Waals surface area (Å²) in [5, 5.41) is 9.23. The molecule has 0 saturated carbocycles. The molecule has 0 radical (unpaired) electrons. The second kappa shape index (κ2) is 11.8. The van der Waals surface area contributed by atoms with E-state index in [-0.39, 0.29) is 6.61 Å². The number of pyridine rings is 4. The molecule has 0 spiro atoms. The molecular formula is C28H24N6O4. The summed E-state index contributed by atoms with van der Waals surface area (Å²) in [6.07, 6.45) is 18.0. The van der Waals surface area contributed by atoms with E-state index in [2.05, 4.69) is 19.9 Å². The Morgan fingerprint density at radius 3 is 1.89 bits per heavy atom. The predicted molar refractivity (Wildman–Crippen MR) is 139 cm³/mol. The Bertz CT molecular complexity index is 1660. The van der Waals surface area contributed by atoms with Crippen molar-refractivity contribution in [2.75, 3.05) is 0 Å². The monoisotopic (exact) mass is 508 g/mol. The van der Waals surface area contributed by atoms with Crippen molar-refractivity contribution in [2.45, 2.75) is 19.8 Å². The van der Waals surface area contributed by atoms with Gasteiger partial charge < -0.3 is 23.4 Å². The smallest absolute Gasteiger partial charge is 0.153 e. The van der Waals surface area contributed by atoms with Gasteiger partial charge in [0.05, 0.1) is 60.6 Å². The van der Waals surface area contributed by atoms with Crippen molar-refractivity contribution in [1.29, 1.82) is 0 Å². The number of carbonyl (C=O) groups excluding carboxylic acids is 1. The largest absolute Gasteiger partial charge is 0.487 e. The number of rotatable bonds is 8. The molecule has 0 saturated heterocycles. The first kappa shape index (κ1) is 24.6. The fourth-order valence-corrected chi connectivity index (χ4v) is 3.85. The van der Waals surface area contributed by atoms with Gasteiger partial charge in [0, 0.05) is 41.5 Å². The van der Waals surface area contributed by atoms with Crippen molar-refractivity contribution < 1.29 is 19.4 Å². The summed E-state index contributed by atoms with van der Waals surface area (Å²) in [6, 6.07) is 11.2. The van der Waals surface area contributed by atoms with Crippen molar-refractivity contribution in [2.24, 2.45) is 0 Å². The highest BCUT2D eigenvalue weighted by molar-refractivity contribution is 5.78. The third-order valence-electron chi connectivity index (χ3n) is 5.83. The van der Waals surface area contributed by atoms with Crippen LogP contribution in [0.2, 0.25) is 0 Å². The zero-order valence-corrected chi connectivity index (χ0v) is 20.3. The number of nitrogens with zero attached hydrogens (tertiary/aromatic N) is 6. The van der Waals surface area contributed by atoms with E-state index < -0.39 is 0 Å². The molecule has 190 valence electrons. The van der Waals surface area contributed by atoms with Gasteiger partial charge in [-0.1, -0.05) is 12.1 Å². The molecule has 38 heavy (non-hydrogen) atoms. The minimum Gasteiger partial charge on any atom is -0.487 e. The van der Waals surface area contributed by atoms with Gasteiger partial charge in [-0.2, -0.15) is 0 Å². The number of aldehydes is 1. The van der Waals surface area contributed by atoms with Crippen LogP contribution in [-0.4, -0.2) is 40.1 Å². The Balaban J connectivity index is 0.000000155. The minimum absolute atomic E-state index is 0.0608. The summed E-state index contributed by atoms with van der Waals surface area (Å²) in [5.41, 5.74) is 5.26. The highest BCUT2D eigenvalue weighted by Gasteiger charge is 2.07. The number of hydrogen-bond donors (Lipinski definition) is 1. The van der Waals surface area contributed by atoms with Crippen LogP contribution < -0.4 is 9.47 Å². The minimum atomic E-state index is -0.0608. The van der Waals surface area contributed by atoms with E-state index in [1.165, 1.54) is 0 Å². The Hall–Kier alpha value is -5.09. The zero-order valence-electron chi connectivity index (χ0n) is 20.3. The van der Waals surface area contributed by atoms with Crippen LogP contribution >= 0.6 is 0 Å². The van der Waals surface area contributed by atoms with Crippen LogP contribution in [-0.2, 0) is 19.8 Å². The molecule has 6 rings (SSSR count). The van der Waals surface area contributed by atoms with Gasteiger partial charge in [-0.25, -0.2) is 9.97 Å². The molecule has 0 aromatic carbocycles. The van der Waals surface area contributed by atoms with Gasteiger partial charge in [-0.05, 0) is 24.3 Å². The van der Waals surface area contributed by atoms with Crippen LogP contribution in [0, 0.1) is 0 Å². The number of imidazole rings is 2. The molecule has 6 heterocycles. The van der Waals surface area contributed by atoms with Crippen LogP contribution in [0.1, 0.15) is 27.0 Å². The van der Waals surface area contributed by atoms with E-state index in [1.54, 1.807) is 62.0 Å². The molecule has 0 fully saturated rings. The summed E-state index contributed by atoms with van der Waals surface area (Å²) in [4.78, 5) is 27.0. The zero-order chi connectivity index (χ0) is 26.2. The van der Waals surface area contributed by atoms with Crippen LogP contribution in [0.4, 0.5) is 0 Å². The van der Waals surface area contributed by atoms with Crippen LogP contribution in [0.15, 0.2) is 98.6 Å². The van der Waals surface area contributed by atoms with E-state index in [1.807, 2.05) is 45.5 Å². The van der Waals surface area contributed by atoms with E-state index in [9.17, 15) is 9.90 Å². The number of fused-ring (bicyclic) bond motifs is 2. The number of carbonyl (C=O) groups is 1. The number of aliphatic hydroxyl groups excluding tert-OH is 1. The van der Waals surface area contributed by atoms with Gasteiger partial charge in [0.15, 0.2) is 6.29 Å². The van der Waals surface area contributed by atoms with Gasteiger partial charge in [-0.15, -0.1) is 0 Å². The first-order valence-corrected chi connectivity index (χ1v) is 11.7. The molecule has 0 bridgehead atoms. The summed E-state index contributed by atoms with van der Waals surface area (Å²) in [5.74, 6) is 1.09. The first-order valence-electron chi connectivity index (χ1n) is 11.7. The van der Waals surface area contributed by atoms with Crippen LogP contribution in [0.5, 0.6) is 11.5 Å². The fourth-order valence-electron chi connectivity index (χ4n) is 3.85. The molecule has 0 atom stereocenters. The van der Waals surface area contributed by atoms with E-state index in [0.29, 0.717) is 30.3 Å². The molecular weight excluding hydrogens is 484 g/mol. The molecule has 0 amide bonds.